The molecule has 5 heteroatoms. The van der Waals surface area contributed by atoms with E-state index in [4.69, 9.17) is 16.3 Å². The van der Waals surface area contributed by atoms with Crippen molar-refractivity contribution in [2.75, 3.05) is 6.61 Å². The van der Waals surface area contributed by atoms with Gasteiger partial charge in [0.25, 0.3) is 0 Å². The van der Waals surface area contributed by atoms with E-state index in [0.717, 1.165) is 11.3 Å². The van der Waals surface area contributed by atoms with E-state index in [1.807, 2.05) is 31.2 Å². The van der Waals surface area contributed by atoms with E-state index >= 15 is 0 Å². The molecule has 0 bridgehead atoms. The summed E-state index contributed by atoms with van der Waals surface area (Å²) in [7, 11) is 0. The number of rotatable bonds is 4. The van der Waals surface area contributed by atoms with Gasteiger partial charge in [-0.05, 0) is 37.6 Å². The summed E-state index contributed by atoms with van der Waals surface area (Å²) in [6.07, 6.45) is 0. The fraction of sp³-hybridized carbons (Fsp3) is 0.286. The highest BCUT2D eigenvalue weighted by molar-refractivity contribution is 6.30. The van der Waals surface area contributed by atoms with E-state index in [9.17, 15) is 4.79 Å². The molecule has 0 aliphatic rings. The number of carbonyl (C=O) groups excluding carboxylic acids is 1. The normalized spacial score (nSPS) is 10.5. The fourth-order valence-electron chi connectivity index (χ4n) is 1.78. The van der Waals surface area contributed by atoms with Gasteiger partial charge in [-0.25, -0.2) is 4.79 Å². The number of esters is 1. The van der Waals surface area contributed by atoms with Gasteiger partial charge < -0.3 is 4.74 Å². The van der Waals surface area contributed by atoms with Crippen molar-refractivity contribution >= 4 is 17.6 Å². The van der Waals surface area contributed by atoms with Gasteiger partial charge in [0.05, 0.1) is 13.2 Å². The molecule has 4 nitrogen and oxygen atoms in total. The molecule has 0 N–H and O–H groups in total. The Kier molecular flexibility index (Phi) is 4.22. The highest BCUT2D eigenvalue weighted by atomic mass is 35.5. The smallest absolute Gasteiger partial charge is 0.358 e. The minimum atomic E-state index is -0.393. The number of nitrogens with zero attached hydrogens (tertiary/aromatic N) is 2. The third-order valence-electron chi connectivity index (χ3n) is 2.69. The second kappa shape index (κ2) is 5.89. The van der Waals surface area contributed by atoms with Crippen molar-refractivity contribution in [2.45, 2.75) is 20.4 Å². The zero-order chi connectivity index (χ0) is 13.8. The van der Waals surface area contributed by atoms with E-state index in [1.54, 1.807) is 17.7 Å². The number of benzene rings is 1. The fourth-order valence-corrected chi connectivity index (χ4v) is 2.00. The molecule has 100 valence electrons. The summed E-state index contributed by atoms with van der Waals surface area (Å²) in [6.45, 7) is 4.60. The van der Waals surface area contributed by atoms with Crippen LogP contribution in [0, 0.1) is 6.92 Å². The molecular formula is C14H15ClN2O2. The van der Waals surface area contributed by atoms with Crippen molar-refractivity contribution in [1.29, 1.82) is 0 Å². The summed E-state index contributed by atoms with van der Waals surface area (Å²) in [5.74, 6) is -0.393. The molecule has 0 unspecified atom stereocenters. The van der Waals surface area contributed by atoms with Gasteiger partial charge in [0.15, 0.2) is 5.69 Å². The lowest BCUT2D eigenvalue weighted by Crippen LogP contribution is -2.08. The quantitative estimate of drug-likeness (QED) is 0.808. The number of carbonyl (C=O) groups is 1. The molecule has 0 amide bonds. The van der Waals surface area contributed by atoms with Crippen LogP contribution < -0.4 is 0 Å². The molecule has 0 fully saturated rings. The lowest BCUT2D eigenvalue weighted by molar-refractivity contribution is 0.0518. The molecule has 2 rings (SSSR count). The van der Waals surface area contributed by atoms with Crippen molar-refractivity contribution < 1.29 is 9.53 Å². The molecule has 0 spiro atoms. The predicted molar refractivity (Wildman–Crippen MR) is 73.5 cm³/mol. The van der Waals surface area contributed by atoms with Crippen LogP contribution in [0.25, 0.3) is 0 Å². The molecule has 1 heterocycles. The Hall–Kier alpha value is -1.81. The molecule has 0 aliphatic heterocycles. The molecule has 1 aromatic heterocycles. The Bertz CT molecular complexity index is 593. The average Bonchev–Trinajstić information content (AvgIpc) is 2.71. The van der Waals surface area contributed by atoms with Crippen molar-refractivity contribution in [3.8, 4) is 0 Å². The maximum absolute atomic E-state index is 11.6. The standard InChI is InChI=1S/C14H15ClN2O2/c1-3-19-14(18)13-7-10(2)17(16-13)9-11-5-4-6-12(15)8-11/h4-8H,3,9H2,1-2H3. The second-order valence-corrected chi connectivity index (χ2v) is 4.62. The first kappa shape index (κ1) is 13.6. The molecule has 19 heavy (non-hydrogen) atoms. The summed E-state index contributed by atoms with van der Waals surface area (Å²) in [4.78, 5) is 11.6. The maximum Gasteiger partial charge on any atom is 0.358 e. The first-order chi connectivity index (χ1) is 9.10. The minimum absolute atomic E-state index is 0.335. The number of hydrogen-bond acceptors (Lipinski definition) is 3. The summed E-state index contributed by atoms with van der Waals surface area (Å²) in [5, 5.41) is 4.94. The Morgan fingerprint density at radius 1 is 1.42 bits per heavy atom. The molecular weight excluding hydrogens is 264 g/mol. The van der Waals surface area contributed by atoms with Gasteiger partial charge in [-0.2, -0.15) is 5.10 Å². The number of aryl methyl sites for hydroxylation is 1. The van der Waals surface area contributed by atoms with Crippen LogP contribution in [0.4, 0.5) is 0 Å². The summed E-state index contributed by atoms with van der Waals surface area (Å²) >= 11 is 5.94. The molecule has 2 aromatic rings. The first-order valence-corrected chi connectivity index (χ1v) is 6.44. The summed E-state index contributed by atoms with van der Waals surface area (Å²) in [6, 6.07) is 9.29. The van der Waals surface area contributed by atoms with Crippen molar-refractivity contribution in [1.82, 2.24) is 9.78 Å². The van der Waals surface area contributed by atoms with Crippen LogP contribution in [-0.2, 0) is 11.3 Å². The lowest BCUT2D eigenvalue weighted by Gasteiger charge is -2.04. The Morgan fingerprint density at radius 3 is 2.89 bits per heavy atom. The Morgan fingerprint density at radius 2 is 2.21 bits per heavy atom. The van der Waals surface area contributed by atoms with Crippen LogP contribution in [0.2, 0.25) is 5.02 Å². The largest absolute Gasteiger partial charge is 0.461 e. The van der Waals surface area contributed by atoms with Crippen LogP contribution in [0.5, 0.6) is 0 Å². The monoisotopic (exact) mass is 278 g/mol. The highest BCUT2D eigenvalue weighted by Gasteiger charge is 2.13. The highest BCUT2D eigenvalue weighted by Crippen LogP contribution is 2.13. The van der Waals surface area contributed by atoms with Gasteiger partial charge in [0.1, 0.15) is 0 Å². The van der Waals surface area contributed by atoms with Gasteiger partial charge in [-0.1, -0.05) is 23.7 Å². The second-order valence-electron chi connectivity index (χ2n) is 4.18. The molecule has 0 atom stereocenters. The van der Waals surface area contributed by atoms with E-state index in [0.29, 0.717) is 23.9 Å². The summed E-state index contributed by atoms with van der Waals surface area (Å²) < 4.78 is 6.69. The summed E-state index contributed by atoms with van der Waals surface area (Å²) in [5.41, 5.74) is 2.28. The number of ether oxygens (including phenoxy) is 1. The van der Waals surface area contributed by atoms with Crippen LogP contribution in [0.15, 0.2) is 30.3 Å². The van der Waals surface area contributed by atoms with E-state index in [1.165, 1.54) is 0 Å². The zero-order valence-electron chi connectivity index (χ0n) is 10.9. The average molecular weight is 279 g/mol. The van der Waals surface area contributed by atoms with Gasteiger partial charge in [-0.3, -0.25) is 4.68 Å². The van der Waals surface area contributed by atoms with Gasteiger partial charge >= 0.3 is 5.97 Å². The molecule has 0 saturated carbocycles. The van der Waals surface area contributed by atoms with Crippen molar-refractivity contribution in [2.24, 2.45) is 0 Å². The lowest BCUT2D eigenvalue weighted by atomic mass is 10.2. The zero-order valence-corrected chi connectivity index (χ0v) is 11.6. The van der Waals surface area contributed by atoms with Crippen LogP contribution in [0.1, 0.15) is 28.7 Å². The van der Waals surface area contributed by atoms with Gasteiger partial charge in [0, 0.05) is 10.7 Å². The SMILES string of the molecule is CCOC(=O)c1cc(C)n(Cc2cccc(Cl)c2)n1. The van der Waals surface area contributed by atoms with E-state index in [2.05, 4.69) is 5.10 Å². The third kappa shape index (κ3) is 3.35. The number of halogens is 1. The predicted octanol–water partition coefficient (Wildman–Crippen LogP) is 3.07. The molecule has 0 saturated heterocycles. The minimum Gasteiger partial charge on any atom is -0.461 e. The number of hydrogen-bond donors (Lipinski definition) is 0. The first-order valence-electron chi connectivity index (χ1n) is 6.06. The van der Waals surface area contributed by atoms with Crippen molar-refractivity contribution in [3.63, 3.8) is 0 Å². The number of aromatic nitrogens is 2. The van der Waals surface area contributed by atoms with Gasteiger partial charge in [-0.15, -0.1) is 0 Å². The Balaban J connectivity index is 2.19. The Labute approximate surface area is 116 Å². The van der Waals surface area contributed by atoms with Gasteiger partial charge in [0.2, 0.25) is 0 Å². The van der Waals surface area contributed by atoms with Crippen molar-refractivity contribution in [3.05, 3.63) is 52.3 Å². The van der Waals surface area contributed by atoms with Crippen LogP contribution in [0.3, 0.4) is 0 Å². The topological polar surface area (TPSA) is 44.1 Å². The van der Waals surface area contributed by atoms with E-state index < -0.39 is 5.97 Å². The molecule has 1 aromatic carbocycles. The molecule has 0 radical (unpaired) electrons. The van der Waals surface area contributed by atoms with Crippen LogP contribution in [-0.4, -0.2) is 22.4 Å². The maximum atomic E-state index is 11.6. The third-order valence-corrected chi connectivity index (χ3v) is 2.92. The molecule has 0 aliphatic carbocycles. The van der Waals surface area contributed by atoms with E-state index in [-0.39, 0.29) is 0 Å². The van der Waals surface area contributed by atoms with Crippen LogP contribution >= 0.6 is 11.6 Å².